The molecule has 1 aliphatic rings. The molecule has 0 aromatic heterocycles. The number of likely N-dealkylation sites (tertiary alicyclic amines) is 1. The van der Waals surface area contributed by atoms with Gasteiger partial charge in [0, 0.05) is 19.0 Å². The standard InChI is InChI=1S/C17H25NO3/c1-17(2,3)21-16(20)18-11-7-10-14(12-18)15(19)13-8-5-4-6-9-13/h4-6,8-9,14-15,19H,7,10-12H2,1-3H3/t14-,15-/m1/s1. The molecule has 1 fully saturated rings. The number of ether oxygens (including phenoxy) is 1. The van der Waals surface area contributed by atoms with Gasteiger partial charge in [-0.1, -0.05) is 30.3 Å². The maximum Gasteiger partial charge on any atom is 0.410 e. The van der Waals surface area contributed by atoms with Crippen molar-refractivity contribution in [2.45, 2.75) is 45.3 Å². The number of hydrogen-bond donors (Lipinski definition) is 1. The predicted octanol–water partition coefficient (Wildman–Crippen LogP) is 3.37. The summed E-state index contributed by atoms with van der Waals surface area (Å²) < 4.78 is 5.42. The zero-order chi connectivity index (χ0) is 15.5. The number of benzene rings is 1. The number of carbonyl (C=O) groups is 1. The first-order chi connectivity index (χ1) is 9.87. The molecule has 116 valence electrons. The van der Waals surface area contributed by atoms with Gasteiger partial charge in [0.05, 0.1) is 6.10 Å². The zero-order valence-electron chi connectivity index (χ0n) is 13.1. The van der Waals surface area contributed by atoms with Crippen LogP contribution >= 0.6 is 0 Å². The summed E-state index contributed by atoms with van der Waals surface area (Å²) in [4.78, 5) is 13.9. The largest absolute Gasteiger partial charge is 0.444 e. The lowest BCUT2D eigenvalue weighted by molar-refractivity contribution is 0.00239. The highest BCUT2D eigenvalue weighted by molar-refractivity contribution is 5.68. The number of aliphatic hydroxyl groups is 1. The number of carbonyl (C=O) groups excluding carboxylic acids is 1. The first-order valence-corrected chi connectivity index (χ1v) is 7.58. The summed E-state index contributed by atoms with van der Waals surface area (Å²) in [6, 6.07) is 9.64. The molecule has 1 saturated heterocycles. The molecule has 0 aliphatic carbocycles. The molecule has 1 aromatic carbocycles. The molecule has 4 nitrogen and oxygen atoms in total. The maximum absolute atomic E-state index is 12.1. The van der Waals surface area contributed by atoms with E-state index < -0.39 is 11.7 Å². The lowest BCUT2D eigenvalue weighted by Gasteiger charge is -2.36. The van der Waals surface area contributed by atoms with Crippen LogP contribution in [0.15, 0.2) is 30.3 Å². The van der Waals surface area contributed by atoms with Gasteiger partial charge in [0.1, 0.15) is 5.60 Å². The first kappa shape index (κ1) is 15.8. The monoisotopic (exact) mass is 291 g/mol. The van der Waals surface area contributed by atoms with Gasteiger partial charge in [-0.05, 0) is 39.2 Å². The van der Waals surface area contributed by atoms with Gasteiger partial charge in [0.15, 0.2) is 0 Å². The molecule has 4 heteroatoms. The van der Waals surface area contributed by atoms with Gasteiger partial charge in [-0.3, -0.25) is 0 Å². The van der Waals surface area contributed by atoms with Gasteiger partial charge in [0.25, 0.3) is 0 Å². The Balaban J connectivity index is 1.99. The van der Waals surface area contributed by atoms with Crippen LogP contribution in [0.3, 0.4) is 0 Å². The Morgan fingerprint density at radius 3 is 2.62 bits per heavy atom. The molecule has 0 saturated carbocycles. The minimum absolute atomic E-state index is 0.0636. The van der Waals surface area contributed by atoms with Crippen LogP contribution in [0.1, 0.15) is 45.3 Å². The van der Waals surface area contributed by atoms with Crippen LogP contribution in [-0.4, -0.2) is 34.8 Å². The molecule has 2 atom stereocenters. The highest BCUT2D eigenvalue weighted by Crippen LogP contribution is 2.30. The van der Waals surface area contributed by atoms with E-state index in [2.05, 4.69) is 0 Å². The molecule has 1 aromatic rings. The van der Waals surface area contributed by atoms with Crippen molar-refractivity contribution in [3.05, 3.63) is 35.9 Å². The highest BCUT2D eigenvalue weighted by atomic mass is 16.6. The topological polar surface area (TPSA) is 49.8 Å². The summed E-state index contributed by atoms with van der Waals surface area (Å²) in [5.74, 6) is 0.0636. The van der Waals surface area contributed by atoms with E-state index >= 15 is 0 Å². The fraction of sp³-hybridized carbons (Fsp3) is 0.588. The van der Waals surface area contributed by atoms with E-state index in [0.29, 0.717) is 13.1 Å². The summed E-state index contributed by atoms with van der Waals surface area (Å²) in [5.41, 5.74) is 0.427. The molecule has 1 amide bonds. The average Bonchev–Trinajstić information content (AvgIpc) is 2.46. The SMILES string of the molecule is CC(C)(C)OC(=O)N1CCC[C@@H]([C@H](O)c2ccccc2)C1. The van der Waals surface area contributed by atoms with Gasteiger partial charge in [-0.25, -0.2) is 4.79 Å². The third kappa shape index (κ3) is 4.46. The van der Waals surface area contributed by atoms with E-state index in [1.807, 2.05) is 51.1 Å². The third-order valence-electron chi connectivity index (χ3n) is 3.70. The van der Waals surface area contributed by atoms with E-state index in [1.54, 1.807) is 4.90 Å². The first-order valence-electron chi connectivity index (χ1n) is 7.58. The van der Waals surface area contributed by atoms with Crippen LogP contribution in [0.2, 0.25) is 0 Å². The quantitative estimate of drug-likeness (QED) is 0.909. The maximum atomic E-state index is 12.1. The minimum atomic E-state index is -0.531. The van der Waals surface area contributed by atoms with E-state index in [4.69, 9.17) is 4.74 Å². The van der Waals surface area contributed by atoms with Crippen LogP contribution in [0.4, 0.5) is 4.79 Å². The second kappa shape index (κ2) is 6.48. The van der Waals surface area contributed by atoms with Crippen molar-refractivity contribution in [3.63, 3.8) is 0 Å². The fourth-order valence-electron chi connectivity index (χ4n) is 2.68. The van der Waals surface area contributed by atoms with Crippen molar-refractivity contribution in [1.82, 2.24) is 4.90 Å². The Morgan fingerprint density at radius 1 is 1.33 bits per heavy atom. The van der Waals surface area contributed by atoms with Gasteiger partial charge in [-0.15, -0.1) is 0 Å². The minimum Gasteiger partial charge on any atom is -0.444 e. The Kier molecular flexibility index (Phi) is 4.88. The number of piperidine rings is 1. The second-order valence-corrected chi connectivity index (χ2v) is 6.68. The van der Waals surface area contributed by atoms with Crippen LogP contribution < -0.4 is 0 Å². The Hall–Kier alpha value is -1.55. The Labute approximate surface area is 126 Å². The van der Waals surface area contributed by atoms with Gasteiger partial charge in [0.2, 0.25) is 0 Å². The molecule has 21 heavy (non-hydrogen) atoms. The van der Waals surface area contributed by atoms with Gasteiger partial charge >= 0.3 is 6.09 Å². The van der Waals surface area contributed by atoms with Crippen molar-refractivity contribution < 1.29 is 14.6 Å². The third-order valence-corrected chi connectivity index (χ3v) is 3.70. The summed E-state index contributed by atoms with van der Waals surface area (Å²) in [5, 5.41) is 10.5. The number of rotatable bonds is 2. The molecular weight excluding hydrogens is 266 g/mol. The summed E-state index contributed by atoms with van der Waals surface area (Å²) in [7, 11) is 0. The molecule has 1 N–H and O–H groups in total. The van der Waals surface area contributed by atoms with E-state index in [1.165, 1.54) is 0 Å². The Bertz CT molecular complexity index is 467. The number of hydrogen-bond acceptors (Lipinski definition) is 3. The number of amides is 1. The van der Waals surface area contributed by atoms with Crippen molar-refractivity contribution in [2.24, 2.45) is 5.92 Å². The summed E-state index contributed by atoms with van der Waals surface area (Å²) in [6.45, 7) is 6.85. The van der Waals surface area contributed by atoms with Crippen LogP contribution in [0.5, 0.6) is 0 Å². The van der Waals surface area contributed by atoms with Crippen molar-refractivity contribution >= 4 is 6.09 Å². The molecule has 1 aliphatic heterocycles. The second-order valence-electron chi connectivity index (χ2n) is 6.68. The molecule has 1 heterocycles. The van der Waals surface area contributed by atoms with E-state index in [9.17, 15) is 9.90 Å². The highest BCUT2D eigenvalue weighted by Gasteiger charge is 2.31. The molecule has 0 spiro atoms. The van der Waals surface area contributed by atoms with Crippen molar-refractivity contribution in [1.29, 1.82) is 0 Å². The van der Waals surface area contributed by atoms with Crippen LogP contribution in [0.25, 0.3) is 0 Å². The van der Waals surface area contributed by atoms with Crippen molar-refractivity contribution in [3.8, 4) is 0 Å². The lowest BCUT2D eigenvalue weighted by atomic mass is 9.89. The smallest absolute Gasteiger partial charge is 0.410 e. The Morgan fingerprint density at radius 2 is 2.00 bits per heavy atom. The number of nitrogens with zero attached hydrogens (tertiary/aromatic N) is 1. The predicted molar refractivity (Wildman–Crippen MR) is 81.9 cm³/mol. The molecule has 2 rings (SSSR count). The van der Waals surface area contributed by atoms with Crippen LogP contribution in [-0.2, 0) is 4.74 Å². The number of aliphatic hydroxyl groups excluding tert-OH is 1. The fourth-order valence-corrected chi connectivity index (χ4v) is 2.68. The van der Waals surface area contributed by atoms with Gasteiger partial charge < -0.3 is 14.7 Å². The zero-order valence-corrected chi connectivity index (χ0v) is 13.1. The normalized spacial score (nSPS) is 21.0. The average molecular weight is 291 g/mol. The van der Waals surface area contributed by atoms with Crippen LogP contribution in [0, 0.1) is 5.92 Å². The van der Waals surface area contributed by atoms with E-state index in [0.717, 1.165) is 18.4 Å². The summed E-state index contributed by atoms with van der Waals surface area (Å²) in [6.07, 6.45) is 1.01. The summed E-state index contributed by atoms with van der Waals surface area (Å²) >= 11 is 0. The molecular formula is C17H25NO3. The molecule has 0 radical (unpaired) electrons. The molecule has 0 bridgehead atoms. The lowest BCUT2D eigenvalue weighted by Crippen LogP contribution is -2.44. The van der Waals surface area contributed by atoms with Crippen molar-refractivity contribution in [2.75, 3.05) is 13.1 Å². The van der Waals surface area contributed by atoms with Gasteiger partial charge in [-0.2, -0.15) is 0 Å². The van der Waals surface area contributed by atoms with E-state index in [-0.39, 0.29) is 12.0 Å². The molecule has 0 unspecified atom stereocenters.